The number of benzene rings is 1. The number of carbonyl (C=O) groups is 1. The van der Waals surface area contributed by atoms with Gasteiger partial charge in [-0.25, -0.2) is 4.68 Å². The van der Waals surface area contributed by atoms with Gasteiger partial charge in [0.1, 0.15) is 0 Å². The Labute approximate surface area is 124 Å². The lowest BCUT2D eigenvalue weighted by Gasteiger charge is -2.15. The summed E-state index contributed by atoms with van der Waals surface area (Å²) in [4.78, 5) is 12.3. The maximum atomic E-state index is 12.3. The normalized spacial score (nSPS) is 13.7. The van der Waals surface area contributed by atoms with Crippen LogP contribution in [0.15, 0.2) is 42.7 Å². The van der Waals surface area contributed by atoms with Gasteiger partial charge >= 0.3 is 0 Å². The van der Waals surface area contributed by atoms with E-state index in [0.717, 1.165) is 5.69 Å². The second kappa shape index (κ2) is 7.04. The molecule has 0 aliphatic carbocycles. The zero-order chi connectivity index (χ0) is 15.2. The van der Waals surface area contributed by atoms with Crippen LogP contribution in [0.25, 0.3) is 5.69 Å². The molecular formula is C16H21N3O2. The maximum Gasteiger partial charge on any atom is 0.253 e. The quantitative estimate of drug-likeness (QED) is 0.854. The van der Waals surface area contributed by atoms with Gasteiger partial charge < -0.3 is 10.4 Å². The minimum absolute atomic E-state index is 0.126. The standard InChI is InChI=1S/C16H21N3O2/c1-12(10-13(2)20)11-17-16(21)14-6-3-4-7-15(14)19-9-5-8-18-19/h3-9,12-13,20H,10-11H2,1-2H3,(H,17,21). The van der Waals surface area contributed by atoms with Gasteiger partial charge in [0, 0.05) is 18.9 Å². The lowest BCUT2D eigenvalue weighted by Crippen LogP contribution is -2.30. The van der Waals surface area contributed by atoms with Crippen LogP contribution in [0.5, 0.6) is 0 Å². The van der Waals surface area contributed by atoms with Crippen LogP contribution in [0.4, 0.5) is 0 Å². The molecule has 1 amide bonds. The lowest BCUT2D eigenvalue weighted by molar-refractivity contribution is 0.0939. The number of para-hydroxylation sites is 1. The van der Waals surface area contributed by atoms with E-state index in [1.165, 1.54) is 0 Å². The van der Waals surface area contributed by atoms with E-state index in [2.05, 4.69) is 10.4 Å². The molecule has 0 aliphatic rings. The van der Waals surface area contributed by atoms with Crippen LogP contribution in [0.3, 0.4) is 0 Å². The molecule has 0 aliphatic heterocycles. The summed E-state index contributed by atoms with van der Waals surface area (Å²) in [6.45, 7) is 4.30. The number of hydrogen-bond donors (Lipinski definition) is 2. The summed E-state index contributed by atoms with van der Waals surface area (Å²) in [5.41, 5.74) is 1.34. The molecule has 1 aromatic carbocycles. The third-order valence-corrected chi connectivity index (χ3v) is 3.25. The predicted molar refractivity (Wildman–Crippen MR) is 81.4 cm³/mol. The maximum absolute atomic E-state index is 12.3. The van der Waals surface area contributed by atoms with Crippen molar-refractivity contribution in [3.8, 4) is 5.69 Å². The molecular weight excluding hydrogens is 266 g/mol. The Bertz CT molecular complexity index is 579. The van der Waals surface area contributed by atoms with Gasteiger partial charge in [0.2, 0.25) is 0 Å². The third-order valence-electron chi connectivity index (χ3n) is 3.25. The van der Waals surface area contributed by atoms with E-state index in [1.807, 2.05) is 37.4 Å². The van der Waals surface area contributed by atoms with Crippen molar-refractivity contribution in [2.45, 2.75) is 26.4 Å². The Hall–Kier alpha value is -2.14. The van der Waals surface area contributed by atoms with Crippen molar-refractivity contribution in [2.24, 2.45) is 5.92 Å². The second-order valence-corrected chi connectivity index (χ2v) is 5.37. The number of carbonyl (C=O) groups excluding carboxylic acids is 1. The number of nitrogens with zero attached hydrogens (tertiary/aromatic N) is 2. The molecule has 112 valence electrons. The van der Waals surface area contributed by atoms with Gasteiger partial charge in [0.25, 0.3) is 5.91 Å². The van der Waals surface area contributed by atoms with Crippen molar-refractivity contribution in [2.75, 3.05) is 6.54 Å². The molecule has 5 heteroatoms. The molecule has 2 unspecified atom stereocenters. The summed E-state index contributed by atoms with van der Waals surface area (Å²) in [6.07, 6.45) is 3.80. The molecule has 1 heterocycles. The van der Waals surface area contributed by atoms with Gasteiger partial charge in [-0.2, -0.15) is 5.10 Å². The van der Waals surface area contributed by atoms with Crippen LogP contribution >= 0.6 is 0 Å². The smallest absolute Gasteiger partial charge is 0.253 e. The Morgan fingerprint density at radius 1 is 1.33 bits per heavy atom. The number of nitrogens with one attached hydrogen (secondary N) is 1. The Morgan fingerprint density at radius 2 is 2.10 bits per heavy atom. The fourth-order valence-corrected chi connectivity index (χ4v) is 2.30. The molecule has 0 spiro atoms. The average molecular weight is 287 g/mol. The Kier molecular flexibility index (Phi) is 5.11. The van der Waals surface area contributed by atoms with Gasteiger partial charge in [-0.15, -0.1) is 0 Å². The van der Waals surface area contributed by atoms with E-state index in [1.54, 1.807) is 23.9 Å². The van der Waals surface area contributed by atoms with Crippen LogP contribution in [0.1, 0.15) is 30.6 Å². The average Bonchev–Trinajstić information content (AvgIpc) is 2.98. The van der Waals surface area contributed by atoms with E-state index in [4.69, 9.17) is 0 Å². The van der Waals surface area contributed by atoms with Gasteiger partial charge in [0.05, 0.1) is 17.4 Å². The number of aliphatic hydroxyl groups is 1. The lowest BCUT2D eigenvalue weighted by atomic mass is 10.0. The summed E-state index contributed by atoms with van der Waals surface area (Å²) >= 11 is 0. The highest BCUT2D eigenvalue weighted by Gasteiger charge is 2.14. The highest BCUT2D eigenvalue weighted by molar-refractivity contribution is 5.97. The number of aliphatic hydroxyl groups excluding tert-OH is 1. The van der Waals surface area contributed by atoms with Crippen molar-refractivity contribution in [1.82, 2.24) is 15.1 Å². The van der Waals surface area contributed by atoms with Crippen LogP contribution in [0.2, 0.25) is 0 Å². The Balaban J connectivity index is 2.06. The summed E-state index contributed by atoms with van der Waals surface area (Å²) in [6, 6.07) is 9.18. The fourth-order valence-electron chi connectivity index (χ4n) is 2.30. The monoisotopic (exact) mass is 287 g/mol. The molecule has 0 radical (unpaired) electrons. The first-order valence-electron chi connectivity index (χ1n) is 7.13. The summed E-state index contributed by atoms with van der Waals surface area (Å²) in [5, 5.41) is 16.4. The minimum Gasteiger partial charge on any atom is -0.393 e. The predicted octanol–water partition coefficient (Wildman–Crippen LogP) is 2.01. The molecule has 0 fully saturated rings. The molecule has 0 bridgehead atoms. The second-order valence-electron chi connectivity index (χ2n) is 5.37. The van der Waals surface area contributed by atoms with Crippen LogP contribution in [-0.4, -0.2) is 33.4 Å². The largest absolute Gasteiger partial charge is 0.393 e. The SMILES string of the molecule is CC(O)CC(C)CNC(=O)c1ccccc1-n1cccn1. The highest BCUT2D eigenvalue weighted by Crippen LogP contribution is 2.13. The van der Waals surface area contributed by atoms with Gasteiger partial charge in [-0.3, -0.25) is 4.79 Å². The minimum atomic E-state index is -0.353. The van der Waals surface area contributed by atoms with Crippen molar-refractivity contribution >= 4 is 5.91 Å². The summed E-state index contributed by atoms with van der Waals surface area (Å²) < 4.78 is 1.67. The topological polar surface area (TPSA) is 67.2 Å². The molecule has 2 rings (SSSR count). The number of rotatable bonds is 6. The molecule has 2 N–H and O–H groups in total. The number of aromatic nitrogens is 2. The van der Waals surface area contributed by atoms with E-state index >= 15 is 0 Å². The first-order chi connectivity index (χ1) is 10.1. The molecule has 1 aromatic heterocycles. The fraction of sp³-hybridized carbons (Fsp3) is 0.375. The third kappa shape index (κ3) is 4.16. The van der Waals surface area contributed by atoms with Crippen LogP contribution in [-0.2, 0) is 0 Å². The first-order valence-corrected chi connectivity index (χ1v) is 7.13. The van der Waals surface area contributed by atoms with Gasteiger partial charge in [-0.05, 0) is 37.5 Å². The van der Waals surface area contributed by atoms with Gasteiger partial charge in [-0.1, -0.05) is 19.1 Å². The molecule has 2 atom stereocenters. The zero-order valence-corrected chi connectivity index (χ0v) is 12.4. The van der Waals surface area contributed by atoms with Crippen molar-refractivity contribution in [1.29, 1.82) is 0 Å². The number of amides is 1. The molecule has 21 heavy (non-hydrogen) atoms. The Morgan fingerprint density at radius 3 is 2.76 bits per heavy atom. The molecule has 0 saturated heterocycles. The van der Waals surface area contributed by atoms with E-state index < -0.39 is 0 Å². The molecule has 2 aromatic rings. The zero-order valence-electron chi connectivity index (χ0n) is 12.4. The summed E-state index contributed by atoms with van der Waals surface area (Å²) in [5.74, 6) is 0.101. The number of hydrogen-bond acceptors (Lipinski definition) is 3. The molecule has 0 saturated carbocycles. The first kappa shape index (κ1) is 15.3. The van der Waals surface area contributed by atoms with Crippen LogP contribution in [0, 0.1) is 5.92 Å². The van der Waals surface area contributed by atoms with Crippen molar-refractivity contribution in [3.63, 3.8) is 0 Å². The van der Waals surface area contributed by atoms with Crippen molar-refractivity contribution in [3.05, 3.63) is 48.3 Å². The van der Waals surface area contributed by atoms with Crippen LogP contribution < -0.4 is 5.32 Å². The van der Waals surface area contributed by atoms with Crippen molar-refractivity contribution < 1.29 is 9.90 Å². The van der Waals surface area contributed by atoms with E-state index in [9.17, 15) is 9.90 Å². The van der Waals surface area contributed by atoms with E-state index in [0.29, 0.717) is 18.5 Å². The van der Waals surface area contributed by atoms with Gasteiger partial charge in [0.15, 0.2) is 0 Å². The highest BCUT2D eigenvalue weighted by atomic mass is 16.3. The van der Waals surface area contributed by atoms with E-state index in [-0.39, 0.29) is 17.9 Å². The summed E-state index contributed by atoms with van der Waals surface area (Å²) in [7, 11) is 0. The molecule has 5 nitrogen and oxygen atoms in total.